The van der Waals surface area contributed by atoms with Crippen LogP contribution in [0.15, 0.2) is 42.5 Å². The number of amides is 1. The first-order valence-electron chi connectivity index (χ1n) is 11.0. The van der Waals surface area contributed by atoms with Gasteiger partial charge in [0.1, 0.15) is 16.4 Å². The van der Waals surface area contributed by atoms with Crippen LogP contribution < -0.4 is 21.7 Å². The molecule has 10 heteroatoms. The van der Waals surface area contributed by atoms with Crippen LogP contribution in [0.1, 0.15) is 38.4 Å². The van der Waals surface area contributed by atoms with Gasteiger partial charge in [-0.05, 0) is 63.3 Å². The summed E-state index contributed by atoms with van der Waals surface area (Å²) in [5, 5.41) is 13.9. The maximum atomic E-state index is 13.0. The summed E-state index contributed by atoms with van der Waals surface area (Å²) in [6.45, 7) is 2.04. The molecule has 0 bridgehead atoms. The van der Waals surface area contributed by atoms with E-state index in [-0.39, 0.29) is 21.8 Å². The number of nitrogen functional groups attached to an aromatic ring is 1. The normalized spacial score (nSPS) is 14.4. The molecule has 1 fully saturated rings. The highest BCUT2D eigenvalue weighted by Gasteiger charge is 2.24. The Kier molecular flexibility index (Phi) is 6.71. The number of carbonyl (C=O) groups is 2. The molecular weight excluding hydrogens is 452 g/mol. The highest BCUT2D eigenvalue weighted by atomic mass is 32.1. The summed E-state index contributed by atoms with van der Waals surface area (Å²) in [6.07, 6.45) is 2.28. The van der Waals surface area contributed by atoms with E-state index in [0.29, 0.717) is 11.2 Å². The van der Waals surface area contributed by atoms with E-state index in [0.717, 1.165) is 43.0 Å². The van der Waals surface area contributed by atoms with Crippen molar-refractivity contribution in [3.63, 3.8) is 0 Å². The molecule has 1 aromatic heterocycles. The van der Waals surface area contributed by atoms with Gasteiger partial charge in [-0.1, -0.05) is 17.4 Å². The number of hydrogen-bond donors (Lipinski definition) is 4. The Morgan fingerprint density at radius 3 is 2.38 bits per heavy atom. The van der Waals surface area contributed by atoms with E-state index in [1.165, 1.54) is 23.9 Å². The maximum Gasteiger partial charge on any atom is 0.252 e. The zero-order valence-electron chi connectivity index (χ0n) is 19.1. The van der Waals surface area contributed by atoms with Crippen molar-refractivity contribution in [1.29, 1.82) is 0 Å². The first kappa shape index (κ1) is 23.5. The molecular formula is C24H28N6O3S. The van der Waals surface area contributed by atoms with Crippen LogP contribution in [0.5, 0.6) is 5.75 Å². The second kappa shape index (κ2) is 9.70. The standard InChI is InChI=1S/C24H28N6O3S/c1-29(2)15-10-12-30(13-11-15)16-8-6-14(7-9-16)27-24-28-22(25)21(34-24)20(32)17-4-3-5-18(19(17)31)23(26)33/h3-9,15,31H,10-13,25H2,1-2H3,(H2,26,33)(H,27,28). The number of aromatic hydroxyl groups is 1. The highest BCUT2D eigenvalue weighted by Crippen LogP contribution is 2.33. The van der Waals surface area contributed by atoms with Crippen LogP contribution in [-0.4, -0.2) is 59.9 Å². The van der Waals surface area contributed by atoms with Crippen LogP contribution in [-0.2, 0) is 0 Å². The fourth-order valence-corrected chi connectivity index (χ4v) is 4.97. The lowest BCUT2D eigenvalue weighted by atomic mass is 10.0. The summed E-state index contributed by atoms with van der Waals surface area (Å²) in [4.78, 5) is 33.5. The number of nitrogens with zero attached hydrogens (tertiary/aromatic N) is 3. The fraction of sp³-hybridized carbons (Fsp3) is 0.292. The van der Waals surface area contributed by atoms with Crippen molar-refractivity contribution in [3.8, 4) is 5.75 Å². The lowest BCUT2D eigenvalue weighted by Gasteiger charge is -2.36. The van der Waals surface area contributed by atoms with Crippen molar-refractivity contribution < 1.29 is 14.7 Å². The molecule has 0 unspecified atom stereocenters. The molecule has 0 atom stereocenters. The number of aromatic nitrogens is 1. The second-order valence-electron chi connectivity index (χ2n) is 8.48. The van der Waals surface area contributed by atoms with E-state index < -0.39 is 17.4 Å². The number of phenols is 1. The summed E-state index contributed by atoms with van der Waals surface area (Å²) >= 11 is 1.08. The van der Waals surface area contributed by atoms with Crippen LogP contribution in [0, 0.1) is 0 Å². The van der Waals surface area contributed by atoms with Crippen LogP contribution in [0.25, 0.3) is 0 Å². The van der Waals surface area contributed by atoms with Crippen molar-refractivity contribution >= 4 is 45.4 Å². The van der Waals surface area contributed by atoms with Crippen LogP contribution in [0.4, 0.5) is 22.3 Å². The molecule has 9 nitrogen and oxygen atoms in total. The third-order valence-corrected chi connectivity index (χ3v) is 7.07. The zero-order valence-corrected chi connectivity index (χ0v) is 19.9. The predicted molar refractivity (Wildman–Crippen MR) is 135 cm³/mol. The van der Waals surface area contributed by atoms with Gasteiger partial charge in [-0.3, -0.25) is 9.59 Å². The monoisotopic (exact) mass is 480 g/mol. The Balaban J connectivity index is 1.46. The fourth-order valence-electron chi connectivity index (χ4n) is 4.12. The Bertz CT molecular complexity index is 1200. The van der Waals surface area contributed by atoms with Crippen molar-refractivity contribution in [1.82, 2.24) is 9.88 Å². The molecule has 0 radical (unpaired) electrons. The van der Waals surface area contributed by atoms with Crippen LogP contribution in [0.2, 0.25) is 0 Å². The number of ketones is 1. The number of thiazole rings is 1. The third kappa shape index (κ3) is 4.82. The molecule has 34 heavy (non-hydrogen) atoms. The van der Waals surface area contributed by atoms with Crippen molar-refractivity contribution in [2.24, 2.45) is 5.73 Å². The molecule has 0 spiro atoms. The van der Waals surface area contributed by atoms with Gasteiger partial charge in [-0.25, -0.2) is 4.98 Å². The average Bonchev–Trinajstić information content (AvgIpc) is 3.19. The Hall–Kier alpha value is -3.63. The van der Waals surface area contributed by atoms with E-state index in [1.807, 2.05) is 12.1 Å². The number of nitrogens with one attached hydrogen (secondary N) is 1. The number of primary amides is 1. The van der Waals surface area contributed by atoms with Gasteiger partial charge < -0.3 is 31.7 Å². The predicted octanol–water partition coefficient (Wildman–Crippen LogP) is 3.03. The highest BCUT2D eigenvalue weighted by molar-refractivity contribution is 7.18. The van der Waals surface area contributed by atoms with Gasteiger partial charge in [0.2, 0.25) is 5.78 Å². The second-order valence-corrected chi connectivity index (χ2v) is 9.48. The number of para-hydroxylation sites is 1. The minimum absolute atomic E-state index is 0.0433. The summed E-state index contributed by atoms with van der Waals surface area (Å²) < 4.78 is 0. The van der Waals surface area contributed by atoms with Gasteiger partial charge in [0.05, 0.1) is 11.1 Å². The summed E-state index contributed by atoms with van der Waals surface area (Å²) in [5.74, 6) is -1.77. The topological polar surface area (TPSA) is 138 Å². The largest absolute Gasteiger partial charge is 0.506 e. The lowest BCUT2D eigenvalue weighted by molar-refractivity contribution is 0.0997. The van der Waals surface area contributed by atoms with Gasteiger partial charge in [0.15, 0.2) is 5.13 Å². The number of anilines is 4. The number of hydrogen-bond acceptors (Lipinski definition) is 9. The van der Waals surface area contributed by atoms with E-state index in [2.05, 4.69) is 46.3 Å². The third-order valence-electron chi connectivity index (χ3n) is 6.08. The summed E-state index contributed by atoms with van der Waals surface area (Å²) in [5.41, 5.74) is 13.1. The summed E-state index contributed by atoms with van der Waals surface area (Å²) in [7, 11) is 4.26. The van der Waals surface area contributed by atoms with Crippen LogP contribution >= 0.6 is 11.3 Å². The molecule has 1 saturated heterocycles. The van der Waals surface area contributed by atoms with Gasteiger partial charge in [0, 0.05) is 30.5 Å². The molecule has 1 amide bonds. The zero-order chi connectivity index (χ0) is 24.4. The minimum atomic E-state index is -0.822. The molecule has 0 aliphatic carbocycles. The number of nitrogens with two attached hydrogens (primary N) is 2. The van der Waals surface area contributed by atoms with Gasteiger partial charge in [-0.15, -0.1) is 0 Å². The lowest BCUT2D eigenvalue weighted by Crippen LogP contribution is -2.41. The quantitative estimate of drug-likeness (QED) is 0.379. The smallest absolute Gasteiger partial charge is 0.252 e. The molecule has 6 N–H and O–H groups in total. The van der Waals surface area contributed by atoms with E-state index >= 15 is 0 Å². The molecule has 2 heterocycles. The number of benzene rings is 2. The van der Waals surface area contributed by atoms with Crippen molar-refractivity contribution in [3.05, 3.63) is 58.5 Å². The molecule has 1 aliphatic rings. The van der Waals surface area contributed by atoms with Gasteiger partial charge in [-0.2, -0.15) is 0 Å². The summed E-state index contributed by atoms with van der Waals surface area (Å²) in [6, 6.07) is 12.9. The molecule has 0 saturated carbocycles. The maximum absolute atomic E-state index is 13.0. The average molecular weight is 481 g/mol. The number of piperidine rings is 1. The first-order valence-corrected chi connectivity index (χ1v) is 11.8. The molecule has 3 aromatic rings. The SMILES string of the molecule is CN(C)C1CCN(c2ccc(Nc3nc(N)c(C(=O)c4cccc(C(N)=O)c4O)s3)cc2)CC1. The number of rotatable bonds is 7. The van der Waals surface area contributed by atoms with Crippen molar-refractivity contribution in [2.45, 2.75) is 18.9 Å². The van der Waals surface area contributed by atoms with Crippen LogP contribution in [0.3, 0.4) is 0 Å². The van der Waals surface area contributed by atoms with Gasteiger partial charge in [0.25, 0.3) is 5.91 Å². The van der Waals surface area contributed by atoms with Gasteiger partial charge >= 0.3 is 0 Å². The molecule has 4 rings (SSSR count). The first-order chi connectivity index (χ1) is 16.2. The molecule has 178 valence electrons. The van der Waals surface area contributed by atoms with E-state index in [1.54, 1.807) is 0 Å². The van der Waals surface area contributed by atoms with E-state index in [4.69, 9.17) is 11.5 Å². The molecule has 2 aromatic carbocycles. The van der Waals surface area contributed by atoms with E-state index in [9.17, 15) is 14.7 Å². The van der Waals surface area contributed by atoms with Crippen molar-refractivity contribution in [2.75, 3.05) is 43.1 Å². The number of carbonyl (C=O) groups excluding carboxylic acids is 2. The Morgan fingerprint density at radius 1 is 1.12 bits per heavy atom. The minimum Gasteiger partial charge on any atom is -0.506 e. The molecule has 1 aliphatic heterocycles. The Labute approximate surface area is 202 Å². The Morgan fingerprint density at radius 2 is 1.76 bits per heavy atom.